The minimum Gasteiger partial charge on any atom is -0.387 e. The van der Waals surface area contributed by atoms with Crippen LogP contribution >= 0.6 is 0 Å². The first kappa shape index (κ1) is 45.8. The van der Waals surface area contributed by atoms with Gasteiger partial charge in [-0.3, -0.25) is 9.35 Å². The summed E-state index contributed by atoms with van der Waals surface area (Å²) in [6.45, 7) is 4.48. The van der Waals surface area contributed by atoms with Gasteiger partial charge in [-0.25, -0.2) is 0 Å². The summed E-state index contributed by atoms with van der Waals surface area (Å²) in [6, 6.07) is -1.24. The number of rotatable bonds is 35. The molecule has 0 aromatic carbocycles. The Hall–Kier alpha value is -1.22. The lowest BCUT2D eigenvalue weighted by atomic mass is 10.0. The van der Waals surface area contributed by atoms with E-state index in [0.29, 0.717) is 12.8 Å². The fraction of sp³-hybridized carbons (Fsp3) is 0.872. The lowest BCUT2D eigenvalue weighted by Gasteiger charge is -2.22. The Labute approximate surface area is 290 Å². The van der Waals surface area contributed by atoms with Crippen LogP contribution in [0.1, 0.15) is 194 Å². The lowest BCUT2D eigenvalue weighted by molar-refractivity contribution is -0.130. The molecule has 0 aliphatic rings. The van der Waals surface area contributed by atoms with Crippen molar-refractivity contribution < 1.29 is 28.0 Å². The van der Waals surface area contributed by atoms with Gasteiger partial charge in [0.15, 0.2) is 0 Å². The molecule has 1 amide bonds. The number of hydrogen-bond donors (Lipinski definition) is 4. The topological polar surface area (TPSA) is 124 Å². The number of amides is 1. The van der Waals surface area contributed by atoms with E-state index >= 15 is 0 Å². The molecule has 0 fully saturated rings. The van der Waals surface area contributed by atoms with E-state index in [0.717, 1.165) is 32.1 Å². The van der Waals surface area contributed by atoms with Crippen LogP contribution in [0.5, 0.6) is 0 Å². The molecule has 7 nitrogen and oxygen atoms in total. The van der Waals surface area contributed by atoms with E-state index in [-0.39, 0.29) is 6.42 Å². The van der Waals surface area contributed by atoms with E-state index < -0.39 is 40.0 Å². The van der Waals surface area contributed by atoms with Crippen molar-refractivity contribution in [2.45, 2.75) is 212 Å². The number of carbonyl (C=O) groups excluding carboxylic acids is 1. The van der Waals surface area contributed by atoms with Gasteiger partial charge in [-0.15, -0.1) is 0 Å². The zero-order valence-electron chi connectivity index (χ0n) is 30.5. The second-order valence-corrected chi connectivity index (χ2v) is 15.2. The van der Waals surface area contributed by atoms with Crippen molar-refractivity contribution in [1.82, 2.24) is 5.32 Å². The third-order valence-electron chi connectivity index (χ3n) is 8.99. The maximum atomic E-state index is 12.5. The third kappa shape index (κ3) is 33.1. The Kier molecular flexibility index (Phi) is 32.4. The molecule has 0 aromatic rings. The van der Waals surface area contributed by atoms with Crippen LogP contribution in [-0.4, -0.2) is 53.1 Å². The van der Waals surface area contributed by atoms with Crippen LogP contribution in [0, 0.1) is 0 Å². The first-order valence-electron chi connectivity index (χ1n) is 19.6. The van der Waals surface area contributed by atoms with Gasteiger partial charge in [0.2, 0.25) is 5.91 Å². The summed E-state index contributed by atoms with van der Waals surface area (Å²) in [5.41, 5.74) is 0. The van der Waals surface area contributed by atoms with E-state index in [9.17, 15) is 28.0 Å². The summed E-state index contributed by atoms with van der Waals surface area (Å²) in [5, 5.41) is 23.3. The minimum atomic E-state index is -4.44. The van der Waals surface area contributed by atoms with E-state index in [1.807, 2.05) is 0 Å². The molecule has 3 atom stereocenters. The summed E-state index contributed by atoms with van der Waals surface area (Å²) >= 11 is 0. The third-order valence-corrected chi connectivity index (χ3v) is 9.77. The molecule has 0 saturated heterocycles. The molecule has 0 aliphatic heterocycles. The van der Waals surface area contributed by atoms with Crippen LogP contribution in [0.2, 0.25) is 0 Å². The maximum Gasteiger partial charge on any atom is 0.267 e. The van der Waals surface area contributed by atoms with E-state index in [1.165, 1.54) is 134 Å². The second kappa shape index (κ2) is 33.3. The first-order valence-corrected chi connectivity index (χ1v) is 21.3. The molecule has 0 bridgehead atoms. The Morgan fingerprint density at radius 3 is 1.40 bits per heavy atom. The number of carbonyl (C=O) groups is 1. The normalized spacial score (nSPS) is 14.2. The molecule has 0 aromatic heterocycles. The quantitative estimate of drug-likeness (QED) is 0.0299. The second-order valence-electron chi connectivity index (χ2n) is 13.7. The zero-order chi connectivity index (χ0) is 34.9. The average molecular weight is 686 g/mol. The smallest absolute Gasteiger partial charge is 0.267 e. The molecule has 0 spiro atoms. The van der Waals surface area contributed by atoms with Crippen molar-refractivity contribution in [2.75, 3.05) is 5.75 Å². The van der Waals surface area contributed by atoms with Gasteiger partial charge in [-0.1, -0.05) is 186 Å². The zero-order valence-corrected chi connectivity index (χ0v) is 31.3. The summed E-state index contributed by atoms with van der Waals surface area (Å²) in [5.74, 6) is -1.55. The van der Waals surface area contributed by atoms with Gasteiger partial charge < -0.3 is 15.5 Å². The molecule has 8 heteroatoms. The highest BCUT2D eigenvalue weighted by atomic mass is 32.2. The van der Waals surface area contributed by atoms with Crippen molar-refractivity contribution in [1.29, 1.82) is 0 Å². The van der Waals surface area contributed by atoms with Crippen LogP contribution in [0.15, 0.2) is 24.3 Å². The highest BCUT2D eigenvalue weighted by molar-refractivity contribution is 7.85. The Morgan fingerprint density at radius 1 is 0.574 bits per heavy atom. The number of allylic oxidation sites excluding steroid dienone is 3. The fourth-order valence-electron chi connectivity index (χ4n) is 5.94. The number of unbranched alkanes of at least 4 members (excludes halogenated alkanes) is 24. The van der Waals surface area contributed by atoms with Crippen molar-refractivity contribution in [3.05, 3.63) is 24.3 Å². The van der Waals surface area contributed by atoms with Crippen LogP contribution in [-0.2, 0) is 14.9 Å². The standard InChI is InChI=1S/C39H75NO6S/c1-3-5-7-9-11-13-15-16-17-18-19-20-21-22-23-24-26-27-29-31-33-37(41)36(35-47(44,45)46)40-39(43)38(42)34-32-30-28-25-14-12-10-8-6-4-2/h24,26,31,33,36-38,41-42H,3-23,25,27-30,32,34-35H2,1-2H3,(H,40,43)(H,44,45,46)/b26-24+,33-31+. The van der Waals surface area contributed by atoms with E-state index in [1.54, 1.807) is 6.08 Å². The van der Waals surface area contributed by atoms with Gasteiger partial charge in [-0.2, -0.15) is 8.42 Å². The van der Waals surface area contributed by atoms with Crippen LogP contribution in [0.4, 0.5) is 0 Å². The van der Waals surface area contributed by atoms with E-state index in [4.69, 9.17) is 0 Å². The largest absolute Gasteiger partial charge is 0.387 e. The molecule has 4 N–H and O–H groups in total. The number of aliphatic hydroxyl groups is 2. The summed E-state index contributed by atoms with van der Waals surface area (Å²) in [7, 11) is -4.44. The SMILES string of the molecule is CCCCCCCCCCCCCCCC/C=C/CC/C=C/C(O)C(CS(=O)(=O)O)NC(=O)C(O)CCCCCCCCCCCC. The number of nitrogens with one attached hydrogen (secondary N) is 1. The predicted octanol–water partition coefficient (Wildman–Crippen LogP) is 10.2. The monoisotopic (exact) mass is 686 g/mol. The van der Waals surface area contributed by atoms with Gasteiger partial charge in [0.05, 0.1) is 17.9 Å². The summed E-state index contributed by atoms with van der Waals surface area (Å²) < 4.78 is 32.4. The van der Waals surface area contributed by atoms with Crippen LogP contribution < -0.4 is 5.32 Å². The predicted molar refractivity (Wildman–Crippen MR) is 199 cm³/mol. The van der Waals surface area contributed by atoms with Gasteiger partial charge in [-0.05, 0) is 32.1 Å². The molecule has 0 aliphatic carbocycles. The van der Waals surface area contributed by atoms with Gasteiger partial charge in [0, 0.05) is 0 Å². The molecule has 0 radical (unpaired) electrons. The maximum absolute atomic E-state index is 12.5. The Balaban J connectivity index is 4.07. The molecular formula is C39H75NO6S. The summed E-state index contributed by atoms with van der Waals surface area (Å²) in [6.07, 6.45) is 38.2. The minimum absolute atomic E-state index is 0.276. The van der Waals surface area contributed by atoms with Crippen LogP contribution in [0.25, 0.3) is 0 Å². The lowest BCUT2D eigenvalue weighted by Crippen LogP contribution is -2.50. The van der Waals surface area contributed by atoms with Crippen molar-refractivity contribution in [3.8, 4) is 0 Å². The van der Waals surface area contributed by atoms with Crippen molar-refractivity contribution in [2.24, 2.45) is 0 Å². The van der Waals surface area contributed by atoms with Crippen molar-refractivity contribution in [3.63, 3.8) is 0 Å². The van der Waals surface area contributed by atoms with Crippen LogP contribution in [0.3, 0.4) is 0 Å². The molecule has 0 rings (SSSR count). The summed E-state index contributed by atoms with van der Waals surface area (Å²) in [4.78, 5) is 12.5. The Bertz CT molecular complexity index is 860. The fourth-order valence-corrected chi connectivity index (χ4v) is 6.68. The number of hydrogen-bond acceptors (Lipinski definition) is 5. The van der Waals surface area contributed by atoms with Crippen molar-refractivity contribution >= 4 is 16.0 Å². The Morgan fingerprint density at radius 2 is 0.957 bits per heavy atom. The van der Waals surface area contributed by atoms with E-state index in [2.05, 4.69) is 31.3 Å². The van der Waals surface area contributed by atoms with Gasteiger partial charge in [0.25, 0.3) is 10.1 Å². The molecule has 278 valence electrons. The molecule has 0 heterocycles. The van der Waals surface area contributed by atoms with Gasteiger partial charge >= 0.3 is 0 Å². The number of aliphatic hydroxyl groups excluding tert-OH is 2. The molecule has 47 heavy (non-hydrogen) atoms. The highest BCUT2D eigenvalue weighted by Crippen LogP contribution is 2.15. The average Bonchev–Trinajstić information content (AvgIpc) is 3.03. The molecular weight excluding hydrogens is 610 g/mol. The van der Waals surface area contributed by atoms with Gasteiger partial charge in [0.1, 0.15) is 6.10 Å². The first-order chi connectivity index (χ1) is 22.7. The molecule has 0 saturated carbocycles. The highest BCUT2D eigenvalue weighted by Gasteiger charge is 2.27. The molecule has 3 unspecified atom stereocenters.